The van der Waals surface area contributed by atoms with Gasteiger partial charge in [0.15, 0.2) is 17.3 Å². The van der Waals surface area contributed by atoms with Crippen molar-refractivity contribution in [3.63, 3.8) is 0 Å². The molecule has 8 heteroatoms. The quantitative estimate of drug-likeness (QED) is 0.493. The van der Waals surface area contributed by atoms with E-state index in [2.05, 4.69) is 10.4 Å². The minimum Gasteiger partial charge on any atom is -0.493 e. The van der Waals surface area contributed by atoms with Gasteiger partial charge in [-0.1, -0.05) is 6.07 Å². The minimum absolute atomic E-state index is 0.0410. The Morgan fingerprint density at radius 1 is 1.29 bits per heavy atom. The second-order valence-electron chi connectivity index (χ2n) is 4.21. The summed E-state index contributed by atoms with van der Waals surface area (Å²) in [5, 5.41) is 10.9. The summed E-state index contributed by atoms with van der Waals surface area (Å²) in [5.74, 6) is 6.32. The molecule has 0 aliphatic carbocycles. The molecule has 1 heterocycles. The molecule has 0 spiro atoms. The lowest BCUT2D eigenvalue weighted by Crippen LogP contribution is -2.09. The Morgan fingerprint density at radius 3 is 2.67 bits per heavy atom. The second-order valence-corrected chi connectivity index (χ2v) is 4.21. The number of pyridine rings is 1. The van der Waals surface area contributed by atoms with Crippen molar-refractivity contribution in [2.75, 3.05) is 12.5 Å². The van der Waals surface area contributed by atoms with Crippen molar-refractivity contribution in [1.29, 1.82) is 0 Å². The number of nitrogens with zero attached hydrogens (tertiary/aromatic N) is 2. The average Bonchev–Trinajstić information content (AvgIpc) is 2.48. The van der Waals surface area contributed by atoms with Gasteiger partial charge in [-0.2, -0.15) is 4.98 Å². The topological polar surface area (TPSA) is 113 Å². The molecule has 0 bridgehead atoms. The number of rotatable bonds is 5. The summed E-state index contributed by atoms with van der Waals surface area (Å²) in [7, 11) is 1.51. The van der Waals surface area contributed by atoms with E-state index < -0.39 is 4.92 Å². The number of methoxy groups -OCH3 is 1. The molecule has 0 saturated heterocycles. The first kappa shape index (κ1) is 14.5. The molecule has 1 aromatic heterocycles. The van der Waals surface area contributed by atoms with Crippen molar-refractivity contribution in [2.24, 2.45) is 5.84 Å². The van der Waals surface area contributed by atoms with Gasteiger partial charge in [0.2, 0.25) is 5.88 Å². The van der Waals surface area contributed by atoms with E-state index in [-0.39, 0.29) is 17.4 Å². The van der Waals surface area contributed by atoms with Crippen LogP contribution in [0.1, 0.15) is 5.56 Å². The largest absolute Gasteiger partial charge is 0.493 e. The van der Waals surface area contributed by atoms with Gasteiger partial charge in [-0.15, -0.1) is 0 Å². The maximum atomic E-state index is 10.9. The van der Waals surface area contributed by atoms with Crippen LogP contribution in [-0.4, -0.2) is 17.0 Å². The first-order chi connectivity index (χ1) is 10.0. The number of nitrogens with one attached hydrogen (secondary N) is 1. The van der Waals surface area contributed by atoms with Crippen LogP contribution >= 0.6 is 0 Å². The molecule has 0 atom stereocenters. The summed E-state index contributed by atoms with van der Waals surface area (Å²) in [6, 6.07) is 7.73. The second kappa shape index (κ2) is 6.06. The fourth-order valence-corrected chi connectivity index (χ4v) is 1.69. The van der Waals surface area contributed by atoms with E-state index in [0.717, 1.165) is 5.56 Å². The van der Waals surface area contributed by atoms with Crippen molar-refractivity contribution in [2.45, 2.75) is 6.92 Å². The van der Waals surface area contributed by atoms with Crippen LogP contribution in [0.5, 0.6) is 17.4 Å². The van der Waals surface area contributed by atoms with E-state index in [1.165, 1.54) is 19.2 Å². The first-order valence-electron chi connectivity index (χ1n) is 5.99. The summed E-state index contributed by atoms with van der Waals surface area (Å²) in [5.41, 5.74) is 3.07. The van der Waals surface area contributed by atoms with Crippen LogP contribution in [0.15, 0.2) is 30.3 Å². The number of hydrogen-bond donors (Lipinski definition) is 2. The highest BCUT2D eigenvalue weighted by atomic mass is 16.6. The summed E-state index contributed by atoms with van der Waals surface area (Å²) in [6.07, 6.45) is 0. The van der Waals surface area contributed by atoms with Crippen LogP contribution in [0.3, 0.4) is 0 Å². The molecule has 3 N–H and O–H groups in total. The number of anilines is 1. The van der Waals surface area contributed by atoms with Crippen molar-refractivity contribution in [3.05, 3.63) is 46.0 Å². The number of aryl methyl sites for hydroxylation is 1. The molecule has 0 fully saturated rings. The van der Waals surface area contributed by atoms with Crippen molar-refractivity contribution < 1.29 is 14.4 Å². The van der Waals surface area contributed by atoms with Gasteiger partial charge in [-0.25, -0.2) is 5.84 Å². The number of hydrazine groups is 1. The van der Waals surface area contributed by atoms with Crippen LogP contribution in [0.2, 0.25) is 0 Å². The maximum absolute atomic E-state index is 10.9. The zero-order valence-electron chi connectivity index (χ0n) is 11.5. The molecule has 0 radical (unpaired) electrons. The molecule has 0 aliphatic heterocycles. The molecule has 0 aliphatic rings. The molecular formula is C13H14N4O4. The van der Waals surface area contributed by atoms with E-state index in [9.17, 15) is 10.1 Å². The van der Waals surface area contributed by atoms with E-state index in [1.54, 1.807) is 12.1 Å². The standard InChI is InChI=1S/C13H14N4O4/c1-8-3-4-10(11(5-8)20-2)21-13-7-9(17(18)19)6-12(15-13)16-14/h3-7H,14H2,1-2H3,(H,15,16). The fraction of sp³-hybridized carbons (Fsp3) is 0.154. The van der Waals surface area contributed by atoms with E-state index in [4.69, 9.17) is 15.3 Å². The van der Waals surface area contributed by atoms with Crippen molar-refractivity contribution >= 4 is 11.5 Å². The van der Waals surface area contributed by atoms with Gasteiger partial charge < -0.3 is 14.9 Å². The van der Waals surface area contributed by atoms with Crippen LogP contribution in [0.25, 0.3) is 0 Å². The molecule has 1 aromatic carbocycles. The summed E-state index contributed by atoms with van der Waals surface area (Å²) >= 11 is 0. The molecule has 2 rings (SSSR count). The number of nitrogens with two attached hydrogens (primary N) is 1. The smallest absolute Gasteiger partial charge is 0.278 e. The molecule has 0 saturated carbocycles. The molecule has 0 amide bonds. The Kier molecular flexibility index (Phi) is 4.19. The molecule has 2 aromatic rings. The van der Waals surface area contributed by atoms with Gasteiger partial charge in [0.25, 0.3) is 5.69 Å². The lowest BCUT2D eigenvalue weighted by atomic mass is 10.2. The van der Waals surface area contributed by atoms with Crippen molar-refractivity contribution in [3.8, 4) is 17.4 Å². The number of nitro groups is 1. The third-order valence-corrected chi connectivity index (χ3v) is 2.68. The Hall–Kier alpha value is -2.87. The Bertz CT molecular complexity index is 675. The SMILES string of the molecule is COc1cc(C)ccc1Oc1cc([N+](=O)[O-])cc(NN)n1. The van der Waals surface area contributed by atoms with E-state index >= 15 is 0 Å². The maximum Gasteiger partial charge on any atom is 0.278 e. The third-order valence-electron chi connectivity index (χ3n) is 2.68. The Labute approximate surface area is 120 Å². The number of benzene rings is 1. The number of nitrogen functional groups attached to an aromatic ring is 1. The third kappa shape index (κ3) is 3.37. The number of hydrogen-bond acceptors (Lipinski definition) is 7. The molecule has 8 nitrogen and oxygen atoms in total. The molecule has 21 heavy (non-hydrogen) atoms. The first-order valence-corrected chi connectivity index (χ1v) is 5.99. The van der Waals surface area contributed by atoms with Gasteiger partial charge in [0.1, 0.15) is 0 Å². The minimum atomic E-state index is -0.554. The average molecular weight is 290 g/mol. The van der Waals surface area contributed by atoms with Gasteiger partial charge in [-0.3, -0.25) is 10.1 Å². The summed E-state index contributed by atoms with van der Waals surface area (Å²) < 4.78 is 10.8. The predicted octanol–water partition coefficient (Wildman–Crippen LogP) is 2.38. The fourth-order valence-electron chi connectivity index (χ4n) is 1.69. The highest BCUT2D eigenvalue weighted by Gasteiger charge is 2.14. The van der Waals surface area contributed by atoms with Crippen molar-refractivity contribution in [1.82, 2.24) is 4.98 Å². The monoisotopic (exact) mass is 290 g/mol. The molecule has 110 valence electrons. The summed E-state index contributed by atoms with van der Waals surface area (Å²) in [4.78, 5) is 14.3. The van der Waals surface area contributed by atoms with Gasteiger partial charge in [-0.05, 0) is 24.6 Å². The van der Waals surface area contributed by atoms with Gasteiger partial charge in [0, 0.05) is 0 Å². The molecular weight excluding hydrogens is 276 g/mol. The number of ether oxygens (including phenoxy) is 2. The zero-order chi connectivity index (χ0) is 15.4. The van der Waals surface area contributed by atoms with Crippen LogP contribution in [-0.2, 0) is 0 Å². The summed E-state index contributed by atoms with van der Waals surface area (Å²) in [6.45, 7) is 1.91. The Balaban J connectivity index is 2.39. The lowest BCUT2D eigenvalue weighted by Gasteiger charge is -2.11. The lowest BCUT2D eigenvalue weighted by molar-refractivity contribution is -0.384. The van der Waals surface area contributed by atoms with E-state index in [0.29, 0.717) is 11.5 Å². The zero-order valence-corrected chi connectivity index (χ0v) is 11.5. The van der Waals surface area contributed by atoms with Crippen LogP contribution < -0.4 is 20.7 Å². The highest BCUT2D eigenvalue weighted by molar-refractivity contribution is 5.50. The van der Waals surface area contributed by atoms with Crippen LogP contribution in [0, 0.1) is 17.0 Å². The highest BCUT2D eigenvalue weighted by Crippen LogP contribution is 2.33. The predicted molar refractivity (Wildman–Crippen MR) is 76.5 cm³/mol. The van der Waals surface area contributed by atoms with E-state index in [1.807, 2.05) is 13.0 Å². The van der Waals surface area contributed by atoms with Crippen LogP contribution in [0.4, 0.5) is 11.5 Å². The normalized spacial score (nSPS) is 10.0. The Morgan fingerprint density at radius 2 is 2.05 bits per heavy atom. The molecule has 0 unspecified atom stereocenters. The number of aromatic nitrogens is 1. The van der Waals surface area contributed by atoms with Gasteiger partial charge in [0.05, 0.1) is 24.2 Å². The van der Waals surface area contributed by atoms with Gasteiger partial charge >= 0.3 is 0 Å².